The lowest BCUT2D eigenvalue weighted by Crippen LogP contribution is -2.28. The molecule has 2 aromatic rings. The van der Waals surface area contributed by atoms with Gasteiger partial charge in [-0.25, -0.2) is 0 Å². The van der Waals surface area contributed by atoms with Crippen molar-refractivity contribution < 1.29 is 14.3 Å². The maximum atomic E-state index is 12.0. The van der Waals surface area contributed by atoms with Crippen molar-refractivity contribution in [2.75, 3.05) is 12.4 Å². The maximum Gasteiger partial charge on any atom is 0.233 e. The monoisotopic (exact) mass is 346 g/mol. The Labute approximate surface area is 146 Å². The Hall–Kier alpha value is -2.53. The van der Waals surface area contributed by atoms with Gasteiger partial charge in [-0.2, -0.15) is 0 Å². The number of amides is 2. The van der Waals surface area contributed by atoms with E-state index in [-0.39, 0.29) is 12.3 Å². The fourth-order valence-electron chi connectivity index (χ4n) is 2.17. The molecule has 2 amide bonds. The van der Waals surface area contributed by atoms with Gasteiger partial charge in [0.1, 0.15) is 12.2 Å². The molecular weight excluding hydrogens is 328 g/mol. The molecule has 0 fully saturated rings. The molecule has 0 heterocycles. The average molecular weight is 347 g/mol. The van der Waals surface area contributed by atoms with Gasteiger partial charge < -0.3 is 15.4 Å². The zero-order chi connectivity index (χ0) is 17.5. The van der Waals surface area contributed by atoms with Gasteiger partial charge in [-0.15, -0.1) is 0 Å². The van der Waals surface area contributed by atoms with Crippen LogP contribution in [0.15, 0.2) is 42.5 Å². The first-order chi connectivity index (χ1) is 11.5. The van der Waals surface area contributed by atoms with E-state index in [1.54, 1.807) is 25.3 Å². The Bertz CT molecular complexity index is 747. The summed E-state index contributed by atoms with van der Waals surface area (Å²) in [5, 5.41) is 5.93. The summed E-state index contributed by atoms with van der Waals surface area (Å²) in [6, 6.07) is 12.6. The molecule has 2 N–H and O–H groups in total. The minimum absolute atomic E-state index is 0.263. The lowest BCUT2D eigenvalue weighted by molar-refractivity contribution is -0.126. The number of para-hydroxylation sites is 1. The van der Waals surface area contributed by atoms with Gasteiger partial charge in [-0.05, 0) is 30.7 Å². The van der Waals surface area contributed by atoms with E-state index in [0.717, 1.165) is 11.1 Å². The summed E-state index contributed by atoms with van der Waals surface area (Å²) in [7, 11) is 1.57. The number of carbonyl (C=O) groups is 2. The molecule has 0 atom stereocenters. The summed E-state index contributed by atoms with van der Waals surface area (Å²) >= 11 is 5.91. The molecule has 24 heavy (non-hydrogen) atoms. The molecule has 0 saturated heterocycles. The molecule has 0 aliphatic heterocycles. The van der Waals surface area contributed by atoms with Crippen molar-refractivity contribution >= 4 is 29.1 Å². The molecular formula is C18H19ClN2O3. The molecule has 0 aliphatic rings. The number of nitrogens with one attached hydrogen (secondary N) is 2. The second kappa shape index (κ2) is 8.36. The highest BCUT2D eigenvalue weighted by Crippen LogP contribution is 2.20. The van der Waals surface area contributed by atoms with Gasteiger partial charge in [0.25, 0.3) is 0 Å². The first kappa shape index (κ1) is 17.8. The molecule has 126 valence electrons. The van der Waals surface area contributed by atoms with Crippen LogP contribution in [-0.4, -0.2) is 18.9 Å². The highest BCUT2D eigenvalue weighted by atomic mass is 35.5. The van der Waals surface area contributed by atoms with E-state index in [1.165, 1.54) is 0 Å². The molecule has 0 aromatic heterocycles. The highest BCUT2D eigenvalue weighted by Gasteiger charge is 2.12. The minimum atomic E-state index is -0.391. The molecule has 2 rings (SSSR count). The quantitative estimate of drug-likeness (QED) is 0.788. The van der Waals surface area contributed by atoms with Crippen molar-refractivity contribution in [3.8, 4) is 5.75 Å². The van der Waals surface area contributed by atoms with E-state index in [1.807, 2.05) is 31.2 Å². The van der Waals surface area contributed by atoms with Crippen molar-refractivity contribution in [3.63, 3.8) is 0 Å². The Morgan fingerprint density at radius 3 is 2.62 bits per heavy atom. The number of hydrogen-bond donors (Lipinski definition) is 2. The summed E-state index contributed by atoms with van der Waals surface area (Å²) in [5.41, 5.74) is 2.33. The Kier molecular flexibility index (Phi) is 6.21. The maximum absolute atomic E-state index is 12.0. The van der Waals surface area contributed by atoms with E-state index in [4.69, 9.17) is 16.3 Å². The standard InChI is InChI=1S/C18H19ClN2O3/c1-12-7-8-14(19)9-15(12)21-18(23)10-17(22)20-11-13-5-3-4-6-16(13)24-2/h3-9H,10-11H2,1-2H3,(H,20,22)(H,21,23). The van der Waals surface area contributed by atoms with E-state index in [2.05, 4.69) is 10.6 Å². The van der Waals surface area contributed by atoms with E-state index >= 15 is 0 Å². The van der Waals surface area contributed by atoms with Crippen LogP contribution in [0.2, 0.25) is 5.02 Å². The molecule has 6 heteroatoms. The number of benzene rings is 2. The highest BCUT2D eigenvalue weighted by molar-refractivity contribution is 6.31. The summed E-state index contributed by atoms with van der Waals surface area (Å²) in [4.78, 5) is 23.9. The predicted octanol–water partition coefficient (Wildman–Crippen LogP) is 3.30. The first-order valence-corrected chi connectivity index (χ1v) is 7.82. The molecule has 0 aliphatic carbocycles. The summed E-state index contributed by atoms with van der Waals surface area (Å²) in [6.45, 7) is 2.15. The van der Waals surface area contributed by atoms with Gasteiger partial charge in [0.2, 0.25) is 11.8 Å². The zero-order valence-electron chi connectivity index (χ0n) is 13.6. The molecule has 0 spiro atoms. The van der Waals surface area contributed by atoms with Crippen molar-refractivity contribution in [1.82, 2.24) is 5.32 Å². The second-order valence-electron chi connectivity index (χ2n) is 5.27. The van der Waals surface area contributed by atoms with Crippen LogP contribution in [0.25, 0.3) is 0 Å². The van der Waals surface area contributed by atoms with Crippen LogP contribution in [0.1, 0.15) is 17.5 Å². The van der Waals surface area contributed by atoms with Gasteiger partial charge in [-0.3, -0.25) is 9.59 Å². The lowest BCUT2D eigenvalue weighted by atomic mass is 10.2. The van der Waals surface area contributed by atoms with Gasteiger partial charge in [0.15, 0.2) is 0 Å². The van der Waals surface area contributed by atoms with Crippen LogP contribution >= 0.6 is 11.6 Å². The van der Waals surface area contributed by atoms with Crippen LogP contribution in [0.4, 0.5) is 5.69 Å². The second-order valence-corrected chi connectivity index (χ2v) is 5.71. The fraction of sp³-hybridized carbons (Fsp3) is 0.222. The Balaban J connectivity index is 1.88. The third kappa shape index (κ3) is 4.99. The minimum Gasteiger partial charge on any atom is -0.496 e. The summed E-state index contributed by atoms with van der Waals surface area (Å²) in [5.74, 6) is -0.0622. The molecule has 0 unspecified atom stereocenters. The Morgan fingerprint density at radius 1 is 1.12 bits per heavy atom. The average Bonchev–Trinajstić information content (AvgIpc) is 2.56. The van der Waals surface area contributed by atoms with E-state index in [0.29, 0.717) is 23.0 Å². The summed E-state index contributed by atoms with van der Waals surface area (Å²) in [6.07, 6.45) is -0.263. The van der Waals surface area contributed by atoms with Gasteiger partial charge >= 0.3 is 0 Å². The number of rotatable bonds is 6. The molecule has 0 radical (unpaired) electrons. The van der Waals surface area contributed by atoms with Gasteiger partial charge in [0.05, 0.1) is 7.11 Å². The number of halogens is 1. The topological polar surface area (TPSA) is 67.4 Å². The smallest absolute Gasteiger partial charge is 0.233 e. The van der Waals surface area contributed by atoms with Crippen LogP contribution in [0.3, 0.4) is 0 Å². The van der Waals surface area contributed by atoms with Gasteiger partial charge in [0, 0.05) is 22.8 Å². The predicted molar refractivity (Wildman–Crippen MR) is 94.3 cm³/mol. The Morgan fingerprint density at radius 2 is 1.88 bits per heavy atom. The number of aryl methyl sites for hydroxylation is 1. The number of methoxy groups -OCH3 is 1. The lowest BCUT2D eigenvalue weighted by Gasteiger charge is -2.11. The van der Waals surface area contributed by atoms with Crippen molar-refractivity contribution in [2.24, 2.45) is 0 Å². The van der Waals surface area contributed by atoms with E-state index < -0.39 is 5.91 Å². The van der Waals surface area contributed by atoms with E-state index in [9.17, 15) is 9.59 Å². The van der Waals surface area contributed by atoms with Crippen LogP contribution < -0.4 is 15.4 Å². The summed E-state index contributed by atoms with van der Waals surface area (Å²) < 4.78 is 5.22. The first-order valence-electron chi connectivity index (χ1n) is 7.44. The third-order valence-corrected chi connectivity index (χ3v) is 3.70. The van der Waals surface area contributed by atoms with Crippen molar-refractivity contribution in [3.05, 3.63) is 58.6 Å². The SMILES string of the molecule is COc1ccccc1CNC(=O)CC(=O)Nc1cc(Cl)ccc1C. The van der Waals surface area contributed by atoms with Crippen molar-refractivity contribution in [2.45, 2.75) is 19.9 Å². The van der Waals surface area contributed by atoms with Crippen LogP contribution in [0.5, 0.6) is 5.75 Å². The van der Waals surface area contributed by atoms with Crippen LogP contribution in [0, 0.1) is 6.92 Å². The van der Waals surface area contributed by atoms with Gasteiger partial charge in [-0.1, -0.05) is 35.9 Å². The normalized spacial score (nSPS) is 10.1. The third-order valence-electron chi connectivity index (χ3n) is 3.46. The molecule has 0 bridgehead atoms. The number of carbonyl (C=O) groups excluding carboxylic acids is 2. The molecule has 5 nitrogen and oxygen atoms in total. The number of hydrogen-bond acceptors (Lipinski definition) is 3. The van der Waals surface area contributed by atoms with Crippen LogP contribution in [-0.2, 0) is 16.1 Å². The van der Waals surface area contributed by atoms with Crippen molar-refractivity contribution in [1.29, 1.82) is 0 Å². The number of anilines is 1. The zero-order valence-corrected chi connectivity index (χ0v) is 14.3. The fourth-order valence-corrected chi connectivity index (χ4v) is 2.35. The largest absolute Gasteiger partial charge is 0.496 e. The molecule has 2 aromatic carbocycles. The number of ether oxygens (including phenoxy) is 1. The molecule has 0 saturated carbocycles.